The average molecular weight is 420 g/mol. The normalized spacial score (nSPS) is 22.5. The van der Waals surface area contributed by atoms with Gasteiger partial charge in [0.15, 0.2) is 0 Å². The quantitative estimate of drug-likeness (QED) is 0.688. The highest BCUT2D eigenvalue weighted by molar-refractivity contribution is 5.79. The van der Waals surface area contributed by atoms with Gasteiger partial charge in [0.05, 0.1) is 19.3 Å². The minimum Gasteiger partial charge on any atom is -0.396 e. The first-order valence-corrected chi connectivity index (χ1v) is 11.5. The summed E-state index contributed by atoms with van der Waals surface area (Å²) in [6, 6.07) is 10.5. The Labute approximate surface area is 185 Å². The van der Waals surface area contributed by atoms with Gasteiger partial charge in [-0.15, -0.1) is 0 Å². The third-order valence-corrected chi connectivity index (χ3v) is 6.24. The molecule has 1 heterocycles. The molecule has 3 aliphatic rings. The molecule has 0 amide bonds. The van der Waals surface area contributed by atoms with Gasteiger partial charge in [0, 0.05) is 25.4 Å². The molecule has 2 aliphatic carbocycles. The van der Waals surface area contributed by atoms with Crippen molar-refractivity contribution in [1.29, 1.82) is 0 Å². The summed E-state index contributed by atoms with van der Waals surface area (Å²) in [4.78, 5) is 2.44. The second-order valence-electron chi connectivity index (χ2n) is 8.32. The van der Waals surface area contributed by atoms with E-state index in [9.17, 15) is 10.2 Å². The van der Waals surface area contributed by atoms with E-state index in [0.717, 1.165) is 52.0 Å². The van der Waals surface area contributed by atoms with E-state index in [1.807, 2.05) is 12.1 Å². The summed E-state index contributed by atoms with van der Waals surface area (Å²) < 4.78 is 5.51. The molecule has 0 bridgehead atoms. The van der Waals surface area contributed by atoms with Gasteiger partial charge in [0.25, 0.3) is 0 Å². The highest BCUT2D eigenvalue weighted by Crippen LogP contribution is 2.38. The Morgan fingerprint density at radius 2 is 1.87 bits per heavy atom. The summed E-state index contributed by atoms with van der Waals surface area (Å²) in [6.45, 7) is 3.72. The molecule has 164 valence electrons. The Balaban J connectivity index is 1.75. The van der Waals surface area contributed by atoms with Crippen LogP contribution in [0.15, 0.2) is 83.1 Å². The van der Waals surface area contributed by atoms with E-state index in [1.165, 1.54) is 33.6 Å². The summed E-state index contributed by atoms with van der Waals surface area (Å²) in [5.41, 5.74) is 7.65. The van der Waals surface area contributed by atoms with Crippen molar-refractivity contribution in [1.82, 2.24) is 4.90 Å². The van der Waals surface area contributed by atoms with E-state index in [2.05, 4.69) is 53.5 Å². The van der Waals surface area contributed by atoms with Gasteiger partial charge < -0.3 is 19.8 Å². The van der Waals surface area contributed by atoms with E-state index in [-0.39, 0.29) is 6.61 Å². The van der Waals surface area contributed by atoms with Crippen molar-refractivity contribution >= 4 is 5.57 Å². The molecule has 1 saturated heterocycles. The summed E-state index contributed by atoms with van der Waals surface area (Å²) in [5.74, 6) is 0. The predicted octanol–water partition coefficient (Wildman–Crippen LogP) is 4.40. The van der Waals surface area contributed by atoms with Crippen molar-refractivity contribution in [2.45, 2.75) is 38.2 Å². The van der Waals surface area contributed by atoms with Crippen molar-refractivity contribution < 1.29 is 14.9 Å². The molecule has 4 heteroatoms. The second-order valence-corrected chi connectivity index (χ2v) is 8.32. The van der Waals surface area contributed by atoms with Crippen LogP contribution in [0.2, 0.25) is 0 Å². The molecule has 1 fully saturated rings. The third-order valence-electron chi connectivity index (χ3n) is 6.24. The van der Waals surface area contributed by atoms with Gasteiger partial charge in [-0.05, 0) is 66.0 Å². The molecule has 1 aliphatic heterocycles. The molecule has 4 rings (SSSR count). The van der Waals surface area contributed by atoms with Crippen molar-refractivity contribution in [2.24, 2.45) is 0 Å². The number of hydrogen-bond donors (Lipinski definition) is 2. The van der Waals surface area contributed by atoms with E-state index >= 15 is 0 Å². The SMILES string of the molecule is OCCC/C(=C(\C1=CC[C@@H](O)C=C1)C1=CC=C(N2CCOCC2)CC1)c1ccccc1. The van der Waals surface area contributed by atoms with Gasteiger partial charge >= 0.3 is 0 Å². The molecule has 0 unspecified atom stereocenters. The van der Waals surface area contributed by atoms with Gasteiger partial charge in [-0.25, -0.2) is 0 Å². The standard InChI is InChI=1S/C27H33NO3/c29-18-4-7-26(21-5-2-1-3-6-21)27(23-10-14-25(30)15-11-23)22-8-12-24(13-9-22)28-16-19-31-20-17-28/h1-3,5-6,8,10-12,14,25,29-30H,4,7,9,13,15-20H2/b27-26+/t25-/m0/s1. The topological polar surface area (TPSA) is 52.9 Å². The highest BCUT2D eigenvalue weighted by atomic mass is 16.5. The third kappa shape index (κ3) is 5.45. The van der Waals surface area contributed by atoms with Crippen molar-refractivity contribution in [2.75, 3.05) is 32.9 Å². The Morgan fingerprint density at radius 1 is 1.06 bits per heavy atom. The monoisotopic (exact) mass is 419 g/mol. The van der Waals surface area contributed by atoms with E-state index < -0.39 is 6.10 Å². The second kappa shape index (κ2) is 10.8. The first-order chi connectivity index (χ1) is 15.3. The Hall–Kier alpha value is -2.40. The fourth-order valence-electron chi connectivity index (χ4n) is 4.61. The van der Waals surface area contributed by atoms with E-state index in [0.29, 0.717) is 6.42 Å². The molecule has 1 aromatic rings. The molecule has 0 saturated carbocycles. The number of hydrogen-bond acceptors (Lipinski definition) is 4. The number of aliphatic hydroxyl groups is 2. The van der Waals surface area contributed by atoms with Gasteiger partial charge in [0.1, 0.15) is 0 Å². The predicted molar refractivity (Wildman–Crippen MR) is 125 cm³/mol. The van der Waals surface area contributed by atoms with Crippen LogP contribution in [-0.2, 0) is 4.74 Å². The lowest BCUT2D eigenvalue weighted by Gasteiger charge is -2.33. The number of ether oxygens (including phenoxy) is 1. The van der Waals surface area contributed by atoms with Crippen LogP contribution in [0.4, 0.5) is 0 Å². The summed E-state index contributed by atoms with van der Waals surface area (Å²) >= 11 is 0. The molecule has 0 radical (unpaired) electrons. The number of nitrogens with zero attached hydrogens (tertiary/aromatic N) is 1. The van der Waals surface area contributed by atoms with Crippen LogP contribution in [-0.4, -0.2) is 54.1 Å². The zero-order chi connectivity index (χ0) is 21.5. The van der Waals surface area contributed by atoms with Gasteiger partial charge in [-0.1, -0.05) is 54.6 Å². The summed E-state index contributed by atoms with van der Waals surface area (Å²) in [7, 11) is 0. The van der Waals surface area contributed by atoms with E-state index in [1.54, 1.807) is 0 Å². The minimum atomic E-state index is -0.407. The van der Waals surface area contributed by atoms with Gasteiger partial charge in [0.2, 0.25) is 0 Å². The van der Waals surface area contributed by atoms with Gasteiger partial charge in [-0.3, -0.25) is 0 Å². The molecule has 0 aromatic heterocycles. The number of aliphatic hydroxyl groups excluding tert-OH is 2. The number of rotatable bonds is 7. The smallest absolute Gasteiger partial charge is 0.0758 e. The molecule has 1 atom stereocenters. The van der Waals surface area contributed by atoms with Crippen LogP contribution in [0.25, 0.3) is 5.57 Å². The minimum absolute atomic E-state index is 0.178. The lowest BCUT2D eigenvalue weighted by molar-refractivity contribution is 0.0520. The van der Waals surface area contributed by atoms with Crippen molar-refractivity contribution in [3.05, 3.63) is 88.7 Å². The Bertz CT molecular complexity index is 902. The number of morpholine rings is 1. The lowest BCUT2D eigenvalue weighted by atomic mass is 9.82. The molecule has 2 N–H and O–H groups in total. The van der Waals surface area contributed by atoms with Crippen LogP contribution < -0.4 is 0 Å². The average Bonchev–Trinajstić information content (AvgIpc) is 2.84. The number of benzene rings is 1. The maximum Gasteiger partial charge on any atom is 0.0758 e. The maximum absolute atomic E-state index is 9.97. The van der Waals surface area contributed by atoms with Crippen LogP contribution in [0.3, 0.4) is 0 Å². The molecular weight excluding hydrogens is 386 g/mol. The van der Waals surface area contributed by atoms with Crippen LogP contribution >= 0.6 is 0 Å². The van der Waals surface area contributed by atoms with Gasteiger partial charge in [-0.2, -0.15) is 0 Å². The van der Waals surface area contributed by atoms with E-state index in [4.69, 9.17) is 4.74 Å². The first kappa shape index (κ1) is 21.8. The highest BCUT2D eigenvalue weighted by Gasteiger charge is 2.22. The fraction of sp³-hybridized carbons (Fsp3) is 0.407. The molecule has 0 spiro atoms. The summed E-state index contributed by atoms with van der Waals surface area (Å²) in [5, 5.41) is 19.5. The number of allylic oxidation sites excluding steroid dienone is 8. The Kier molecular flexibility index (Phi) is 7.57. The Morgan fingerprint density at radius 3 is 2.52 bits per heavy atom. The summed E-state index contributed by atoms with van der Waals surface area (Å²) in [6.07, 6.45) is 14.5. The fourth-order valence-corrected chi connectivity index (χ4v) is 4.61. The molecule has 31 heavy (non-hydrogen) atoms. The molecule has 4 nitrogen and oxygen atoms in total. The largest absolute Gasteiger partial charge is 0.396 e. The zero-order valence-electron chi connectivity index (χ0n) is 18.2. The molecular formula is C27H33NO3. The van der Waals surface area contributed by atoms with Crippen LogP contribution in [0, 0.1) is 0 Å². The molecule has 1 aromatic carbocycles. The maximum atomic E-state index is 9.97. The van der Waals surface area contributed by atoms with Crippen molar-refractivity contribution in [3.8, 4) is 0 Å². The van der Waals surface area contributed by atoms with Crippen LogP contribution in [0.5, 0.6) is 0 Å². The zero-order valence-corrected chi connectivity index (χ0v) is 18.2. The van der Waals surface area contributed by atoms with Crippen molar-refractivity contribution in [3.63, 3.8) is 0 Å². The first-order valence-electron chi connectivity index (χ1n) is 11.5. The van der Waals surface area contributed by atoms with Crippen LogP contribution in [0.1, 0.15) is 37.7 Å². The lowest BCUT2D eigenvalue weighted by Crippen LogP contribution is -2.35.